The van der Waals surface area contributed by atoms with Crippen LogP contribution in [-0.4, -0.2) is 74.7 Å². The van der Waals surface area contributed by atoms with Gasteiger partial charge < -0.3 is 14.5 Å². The van der Waals surface area contributed by atoms with Crippen molar-refractivity contribution in [1.82, 2.24) is 9.80 Å². The van der Waals surface area contributed by atoms with E-state index in [0.717, 1.165) is 57.4 Å². The van der Waals surface area contributed by atoms with Gasteiger partial charge in [0.2, 0.25) is 0 Å². The van der Waals surface area contributed by atoms with Gasteiger partial charge in [-0.3, -0.25) is 9.69 Å². The maximum absolute atomic E-state index is 11.6. The maximum Gasteiger partial charge on any atom is 0.310 e. The summed E-state index contributed by atoms with van der Waals surface area (Å²) in [5, 5.41) is 0.805. The van der Waals surface area contributed by atoms with Gasteiger partial charge in [0.25, 0.3) is 0 Å². The fourth-order valence-corrected chi connectivity index (χ4v) is 4.48. The van der Waals surface area contributed by atoms with Gasteiger partial charge in [-0.25, -0.2) is 0 Å². The van der Waals surface area contributed by atoms with Crippen LogP contribution in [0.5, 0.6) is 0 Å². The summed E-state index contributed by atoms with van der Waals surface area (Å²) in [6.07, 6.45) is 1.17. The van der Waals surface area contributed by atoms with Crippen molar-refractivity contribution >= 4 is 23.3 Å². The predicted octanol–water partition coefficient (Wildman–Crippen LogP) is 1.96. The van der Waals surface area contributed by atoms with Crippen molar-refractivity contribution in [1.29, 1.82) is 0 Å². The first kappa shape index (κ1) is 17.1. The first-order valence-corrected chi connectivity index (χ1v) is 9.69. The molecule has 0 spiro atoms. The summed E-state index contributed by atoms with van der Waals surface area (Å²) >= 11 is 6.10. The summed E-state index contributed by atoms with van der Waals surface area (Å²) in [7, 11) is 0. The number of hydrogen-bond acceptors (Lipinski definition) is 5. The number of piperazine rings is 1. The number of carbonyl (C=O) groups is 1. The van der Waals surface area contributed by atoms with E-state index in [9.17, 15) is 4.79 Å². The van der Waals surface area contributed by atoms with Gasteiger partial charge in [0.05, 0.1) is 12.5 Å². The number of nitrogens with zero attached hydrogens (tertiary/aromatic N) is 3. The van der Waals surface area contributed by atoms with Gasteiger partial charge in [-0.2, -0.15) is 0 Å². The number of hydrogen-bond donors (Lipinski definition) is 0. The average Bonchev–Trinajstić information content (AvgIpc) is 3.17. The zero-order valence-corrected chi connectivity index (χ0v) is 15.3. The molecule has 4 rings (SSSR count). The van der Waals surface area contributed by atoms with Crippen molar-refractivity contribution in [3.05, 3.63) is 29.3 Å². The first-order valence-electron chi connectivity index (χ1n) is 9.31. The number of cyclic esters (lactones) is 1. The molecular weight excluding hydrogens is 338 g/mol. The highest BCUT2D eigenvalue weighted by molar-refractivity contribution is 6.30. The number of rotatable bonds is 5. The molecule has 25 heavy (non-hydrogen) atoms. The summed E-state index contributed by atoms with van der Waals surface area (Å²) in [5.41, 5.74) is 1.22. The van der Waals surface area contributed by atoms with Crippen LogP contribution >= 0.6 is 11.6 Å². The zero-order valence-electron chi connectivity index (χ0n) is 14.6. The summed E-state index contributed by atoms with van der Waals surface area (Å²) < 4.78 is 5.13. The molecule has 3 fully saturated rings. The first-order chi connectivity index (χ1) is 12.2. The van der Waals surface area contributed by atoms with Crippen molar-refractivity contribution in [2.45, 2.75) is 6.42 Å². The van der Waals surface area contributed by atoms with Gasteiger partial charge in [-0.05, 0) is 37.7 Å². The van der Waals surface area contributed by atoms with Crippen molar-refractivity contribution in [3.8, 4) is 0 Å². The third kappa shape index (κ3) is 3.94. The second-order valence-corrected chi connectivity index (χ2v) is 7.85. The number of esters is 1. The molecule has 0 N–H and O–H groups in total. The molecule has 3 saturated heterocycles. The Morgan fingerprint density at radius 2 is 1.88 bits per heavy atom. The number of benzene rings is 1. The normalized spacial score (nSPS) is 27.6. The van der Waals surface area contributed by atoms with Gasteiger partial charge in [0, 0.05) is 55.9 Å². The van der Waals surface area contributed by atoms with Crippen LogP contribution in [0.2, 0.25) is 5.02 Å². The SMILES string of the molecule is O=C1OC[C@H]2CN(CCCN3CCN(c4cccc(Cl)c4)CC3)C[C@@H]12. The minimum Gasteiger partial charge on any atom is -0.465 e. The van der Waals surface area contributed by atoms with E-state index >= 15 is 0 Å². The van der Waals surface area contributed by atoms with Crippen LogP contribution in [0.1, 0.15) is 6.42 Å². The highest BCUT2D eigenvalue weighted by Gasteiger charge is 2.43. The van der Waals surface area contributed by atoms with Crippen LogP contribution in [0.25, 0.3) is 0 Å². The Morgan fingerprint density at radius 1 is 1.08 bits per heavy atom. The number of fused-ring (bicyclic) bond motifs is 1. The Morgan fingerprint density at radius 3 is 2.64 bits per heavy atom. The fourth-order valence-electron chi connectivity index (χ4n) is 4.30. The Labute approximate surface area is 154 Å². The van der Waals surface area contributed by atoms with Gasteiger partial charge in [-0.15, -0.1) is 0 Å². The smallest absolute Gasteiger partial charge is 0.310 e. The van der Waals surface area contributed by atoms with E-state index in [1.165, 1.54) is 12.1 Å². The second-order valence-electron chi connectivity index (χ2n) is 7.42. The third-order valence-electron chi connectivity index (χ3n) is 5.75. The lowest BCUT2D eigenvalue weighted by Crippen LogP contribution is -2.47. The fraction of sp³-hybridized carbons (Fsp3) is 0.632. The van der Waals surface area contributed by atoms with Crippen molar-refractivity contribution in [3.63, 3.8) is 0 Å². The predicted molar refractivity (Wildman–Crippen MR) is 99.1 cm³/mol. The highest BCUT2D eigenvalue weighted by atomic mass is 35.5. The number of anilines is 1. The topological polar surface area (TPSA) is 36.0 Å². The number of halogens is 1. The van der Waals surface area contributed by atoms with E-state index < -0.39 is 0 Å². The molecule has 0 radical (unpaired) electrons. The average molecular weight is 364 g/mol. The number of likely N-dealkylation sites (tertiary alicyclic amines) is 1. The minimum absolute atomic E-state index is 0.0182. The highest BCUT2D eigenvalue weighted by Crippen LogP contribution is 2.30. The minimum atomic E-state index is 0.0182. The molecule has 3 heterocycles. The summed E-state index contributed by atoms with van der Waals surface area (Å²) in [6.45, 7) is 9.10. The number of carbonyl (C=O) groups excluding carboxylic acids is 1. The Hall–Kier alpha value is -1.30. The molecule has 0 amide bonds. The molecule has 136 valence electrons. The molecule has 3 aliphatic rings. The summed E-state index contributed by atoms with van der Waals surface area (Å²) in [4.78, 5) is 19.0. The van der Waals surface area contributed by atoms with Crippen molar-refractivity contribution in [2.75, 3.05) is 63.9 Å². The van der Waals surface area contributed by atoms with Crippen LogP contribution in [0.4, 0.5) is 5.69 Å². The van der Waals surface area contributed by atoms with E-state index in [1.54, 1.807) is 0 Å². The molecule has 0 unspecified atom stereocenters. The quantitative estimate of drug-likeness (QED) is 0.747. The zero-order chi connectivity index (χ0) is 17.2. The molecular formula is C19H26ClN3O2. The molecule has 0 aromatic heterocycles. The van der Waals surface area contributed by atoms with E-state index in [2.05, 4.69) is 20.8 Å². The Bertz CT molecular complexity index is 618. The van der Waals surface area contributed by atoms with Gasteiger partial charge >= 0.3 is 5.97 Å². The largest absolute Gasteiger partial charge is 0.465 e. The van der Waals surface area contributed by atoms with E-state index in [0.29, 0.717) is 12.5 Å². The molecule has 1 aromatic rings. The summed E-state index contributed by atoms with van der Waals surface area (Å²) in [5.74, 6) is 0.597. The van der Waals surface area contributed by atoms with Crippen LogP contribution < -0.4 is 4.90 Å². The maximum atomic E-state index is 11.6. The molecule has 3 aliphatic heterocycles. The van der Waals surface area contributed by atoms with Gasteiger partial charge in [-0.1, -0.05) is 17.7 Å². The molecule has 0 aliphatic carbocycles. The molecule has 5 nitrogen and oxygen atoms in total. The molecule has 6 heteroatoms. The number of ether oxygens (including phenoxy) is 1. The van der Waals surface area contributed by atoms with Crippen molar-refractivity contribution < 1.29 is 9.53 Å². The molecule has 0 bridgehead atoms. The van der Waals surface area contributed by atoms with Crippen LogP contribution in [0.15, 0.2) is 24.3 Å². The molecule has 1 aromatic carbocycles. The van der Waals surface area contributed by atoms with Crippen LogP contribution in [0, 0.1) is 11.8 Å². The standard InChI is InChI=1S/C19H26ClN3O2/c20-16-3-1-4-17(11-16)23-9-7-21(8-10-23)5-2-6-22-12-15-14-25-19(24)18(15)13-22/h1,3-4,11,15,18H,2,5-10,12-14H2/t15-,18-/m1/s1. The monoisotopic (exact) mass is 363 g/mol. The van der Waals surface area contributed by atoms with Gasteiger partial charge in [0.15, 0.2) is 0 Å². The van der Waals surface area contributed by atoms with E-state index in [-0.39, 0.29) is 11.9 Å². The lowest BCUT2D eigenvalue weighted by Gasteiger charge is -2.36. The molecule has 0 saturated carbocycles. The second kappa shape index (κ2) is 7.52. The lowest BCUT2D eigenvalue weighted by atomic mass is 10.0. The Balaban J connectivity index is 1.17. The van der Waals surface area contributed by atoms with E-state index in [1.807, 2.05) is 18.2 Å². The van der Waals surface area contributed by atoms with Crippen LogP contribution in [0.3, 0.4) is 0 Å². The van der Waals surface area contributed by atoms with Gasteiger partial charge in [0.1, 0.15) is 0 Å². The van der Waals surface area contributed by atoms with Crippen LogP contribution in [-0.2, 0) is 9.53 Å². The van der Waals surface area contributed by atoms with Crippen molar-refractivity contribution in [2.24, 2.45) is 11.8 Å². The third-order valence-corrected chi connectivity index (χ3v) is 5.99. The Kier molecular flexibility index (Phi) is 5.15. The molecule has 2 atom stereocenters. The lowest BCUT2D eigenvalue weighted by molar-refractivity contribution is -0.141. The van der Waals surface area contributed by atoms with E-state index in [4.69, 9.17) is 16.3 Å². The summed E-state index contributed by atoms with van der Waals surface area (Å²) in [6, 6.07) is 8.13.